The number of rotatable bonds is 7. The van der Waals surface area contributed by atoms with E-state index in [1.165, 1.54) is 0 Å². The van der Waals surface area contributed by atoms with Crippen LogP contribution in [0.5, 0.6) is 11.5 Å². The molecule has 1 aromatic carbocycles. The highest BCUT2D eigenvalue weighted by Gasteiger charge is 2.21. The van der Waals surface area contributed by atoms with Crippen LogP contribution >= 0.6 is 12.4 Å². The zero-order chi connectivity index (χ0) is 15.8. The largest absolute Gasteiger partial charge is 0.494 e. The average molecular weight is 343 g/mol. The van der Waals surface area contributed by atoms with E-state index in [9.17, 15) is 4.79 Å². The highest BCUT2D eigenvalue weighted by molar-refractivity contribution is 5.85. The molecule has 0 unspecified atom stereocenters. The standard InChI is InChI=1S/C17H26N2O3.ClH/c1-3-12-21-15-4-6-16(7-5-15)22-13-17(20)19-10-8-14(18-2)9-11-19;/h4-7,14,18H,3,8-13H2,1-2H3;1H. The van der Waals surface area contributed by atoms with Gasteiger partial charge in [-0.3, -0.25) is 4.79 Å². The van der Waals surface area contributed by atoms with Gasteiger partial charge in [0.25, 0.3) is 5.91 Å². The molecule has 1 amide bonds. The van der Waals surface area contributed by atoms with Crippen LogP contribution in [0.2, 0.25) is 0 Å². The van der Waals surface area contributed by atoms with Crippen molar-refractivity contribution in [1.82, 2.24) is 10.2 Å². The van der Waals surface area contributed by atoms with E-state index in [4.69, 9.17) is 9.47 Å². The predicted octanol–water partition coefficient (Wildman–Crippen LogP) is 2.49. The van der Waals surface area contributed by atoms with E-state index in [2.05, 4.69) is 12.2 Å². The van der Waals surface area contributed by atoms with Crippen molar-refractivity contribution in [2.45, 2.75) is 32.2 Å². The van der Waals surface area contributed by atoms with Crippen molar-refractivity contribution in [3.63, 3.8) is 0 Å². The zero-order valence-electron chi connectivity index (χ0n) is 13.9. The number of nitrogens with one attached hydrogen (secondary N) is 1. The summed E-state index contributed by atoms with van der Waals surface area (Å²) in [5.74, 6) is 1.58. The predicted molar refractivity (Wildman–Crippen MR) is 93.6 cm³/mol. The summed E-state index contributed by atoms with van der Waals surface area (Å²) in [6.07, 6.45) is 2.99. The summed E-state index contributed by atoms with van der Waals surface area (Å²) in [5.41, 5.74) is 0. The van der Waals surface area contributed by atoms with Crippen molar-refractivity contribution in [3.8, 4) is 11.5 Å². The lowest BCUT2D eigenvalue weighted by atomic mass is 10.1. The number of ether oxygens (including phenoxy) is 2. The van der Waals surface area contributed by atoms with E-state index in [0.29, 0.717) is 18.4 Å². The summed E-state index contributed by atoms with van der Waals surface area (Å²) in [7, 11) is 1.97. The van der Waals surface area contributed by atoms with Gasteiger partial charge in [0, 0.05) is 19.1 Å². The Kier molecular flexibility index (Phi) is 8.81. The van der Waals surface area contributed by atoms with Gasteiger partial charge in [0.2, 0.25) is 0 Å². The van der Waals surface area contributed by atoms with Crippen LogP contribution < -0.4 is 14.8 Å². The molecular weight excluding hydrogens is 316 g/mol. The molecule has 1 saturated heterocycles. The number of nitrogens with zero attached hydrogens (tertiary/aromatic N) is 1. The van der Waals surface area contributed by atoms with Crippen LogP contribution in [-0.2, 0) is 4.79 Å². The minimum absolute atomic E-state index is 0. The number of hydrogen-bond acceptors (Lipinski definition) is 4. The quantitative estimate of drug-likeness (QED) is 0.827. The van der Waals surface area contributed by atoms with Crippen molar-refractivity contribution in [2.75, 3.05) is 33.4 Å². The molecule has 0 aromatic heterocycles. The lowest BCUT2D eigenvalue weighted by Gasteiger charge is -2.31. The van der Waals surface area contributed by atoms with E-state index < -0.39 is 0 Å². The van der Waals surface area contributed by atoms with Gasteiger partial charge in [0.05, 0.1) is 6.61 Å². The fourth-order valence-electron chi connectivity index (χ4n) is 2.51. The summed E-state index contributed by atoms with van der Waals surface area (Å²) < 4.78 is 11.1. The maximum atomic E-state index is 12.1. The highest BCUT2D eigenvalue weighted by Crippen LogP contribution is 2.18. The number of carbonyl (C=O) groups is 1. The van der Waals surface area contributed by atoms with Gasteiger partial charge < -0.3 is 19.7 Å². The molecule has 1 aliphatic rings. The van der Waals surface area contributed by atoms with Crippen LogP contribution in [0.25, 0.3) is 0 Å². The molecule has 6 heteroatoms. The van der Waals surface area contributed by atoms with Crippen molar-refractivity contribution in [1.29, 1.82) is 0 Å². The van der Waals surface area contributed by atoms with Crippen LogP contribution in [0, 0.1) is 0 Å². The molecule has 0 saturated carbocycles. The van der Waals surface area contributed by atoms with Crippen LogP contribution in [0.15, 0.2) is 24.3 Å². The molecule has 1 N–H and O–H groups in total. The first-order valence-corrected chi connectivity index (χ1v) is 8.03. The Hall–Kier alpha value is -1.46. The average Bonchev–Trinajstić information content (AvgIpc) is 2.58. The zero-order valence-corrected chi connectivity index (χ0v) is 14.7. The number of benzene rings is 1. The Bertz CT molecular complexity index is 459. The number of hydrogen-bond donors (Lipinski definition) is 1. The molecule has 0 spiro atoms. The van der Waals surface area contributed by atoms with Crippen LogP contribution in [0.1, 0.15) is 26.2 Å². The van der Waals surface area contributed by atoms with Gasteiger partial charge in [0.1, 0.15) is 11.5 Å². The first-order valence-electron chi connectivity index (χ1n) is 8.03. The maximum absolute atomic E-state index is 12.1. The summed E-state index contributed by atoms with van der Waals surface area (Å²) in [5, 5.41) is 3.26. The Morgan fingerprint density at radius 1 is 1.17 bits per heavy atom. The SMILES string of the molecule is CCCOc1ccc(OCC(=O)N2CCC(NC)CC2)cc1.Cl. The molecule has 0 bridgehead atoms. The molecule has 0 radical (unpaired) electrons. The van der Waals surface area contributed by atoms with Crippen molar-refractivity contribution >= 4 is 18.3 Å². The highest BCUT2D eigenvalue weighted by atomic mass is 35.5. The molecule has 0 aliphatic carbocycles. The number of amides is 1. The first-order chi connectivity index (χ1) is 10.7. The second kappa shape index (κ2) is 10.3. The van der Waals surface area contributed by atoms with Gasteiger partial charge in [-0.2, -0.15) is 0 Å². The Morgan fingerprint density at radius 3 is 2.26 bits per heavy atom. The van der Waals surface area contributed by atoms with Gasteiger partial charge in [0.15, 0.2) is 6.61 Å². The Balaban J connectivity index is 0.00000264. The van der Waals surface area contributed by atoms with Gasteiger partial charge in [-0.25, -0.2) is 0 Å². The summed E-state index contributed by atoms with van der Waals surface area (Å²) in [4.78, 5) is 14.0. The van der Waals surface area contributed by atoms with Crippen LogP contribution in [0.3, 0.4) is 0 Å². The molecule has 5 nitrogen and oxygen atoms in total. The van der Waals surface area contributed by atoms with E-state index >= 15 is 0 Å². The van der Waals surface area contributed by atoms with Crippen molar-refractivity contribution < 1.29 is 14.3 Å². The lowest BCUT2D eigenvalue weighted by Crippen LogP contribution is -2.45. The summed E-state index contributed by atoms with van der Waals surface area (Å²) >= 11 is 0. The maximum Gasteiger partial charge on any atom is 0.260 e. The lowest BCUT2D eigenvalue weighted by molar-refractivity contribution is -0.134. The van der Waals surface area contributed by atoms with Gasteiger partial charge in [-0.15, -0.1) is 12.4 Å². The minimum atomic E-state index is 0. The van der Waals surface area contributed by atoms with Gasteiger partial charge in [-0.05, 0) is 50.6 Å². The molecule has 23 heavy (non-hydrogen) atoms. The first kappa shape index (κ1) is 19.6. The van der Waals surface area contributed by atoms with Crippen LogP contribution in [0.4, 0.5) is 0 Å². The van der Waals surface area contributed by atoms with Crippen molar-refractivity contribution in [3.05, 3.63) is 24.3 Å². The Morgan fingerprint density at radius 2 is 1.74 bits per heavy atom. The van der Waals surface area contributed by atoms with E-state index in [-0.39, 0.29) is 24.9 Å². The van der Waals surface area contributed by atoms with Gasteiger partial charge >= 0.3 is 0 Å². The summed E-state index contributed by atoms with van der Waals surface area (Å²) in [6.45, 7) is 4.48. The third-order valence-corrected chi connectivity index (χ3v) is 3.91. The van der Waals surface area contributed by atoms with E-state index in [0.717, 1.165) is 38.1 Å². The third kappa shape index (κ3) is 6.28. The fourth-order valence-corrected chi connectivity index (χ4v) is 2.51. The van der Waals surface area contributed by atoms with E-state index in [1.807, 2.05) is 36.2 Å². The van der Waals surface area contributed by atoms with Crippen molar-refractivity contribution in [2.24, 2.45) is 0 Å². The molecule has 2 rings (SSSR count). The molecular formula is C17H27ClN2O3. The number of likely N-dealkylation sites (tertiary alicyclic amines) is 1. The number of halogens is 1. The topological polar surface area (TPSA) is 50.8 Å². The fraction of sp³-hybridized carbons (Fsp3) is 0.588. The second-order valence-electron chi connectivity index (χ2n) is 5.55. The van der Waals surface area contributed by atoms with Gasteiger partial charge in [-0.1, -0.05) is 6.92 Å². The Labute approximate surface area is 144 Å². The molecule has 0 atom stereocenters. The summed E-state index contributed by atoms with van der Waals surface area (Å²) in [6, 6.07) is 7.94. The monoisotopic (exact) mass is 342 g/mol. The molecule has 1 fully saturated rings. The normalized spacial score (nSPS) is 15.0. The number of piperidine rings is 1. The van der Waals surface area contributed by atoms with Crippen LogP contribution in [-0.4, -0.2) is 50.2 Å². The molecule has 1 heterocycles. The molecule has 130 valence electrons. The number of carbonyl (C=O) groups excluding carboxylic acids is 1. The molecule has 1 aromatic rings. The minimum Gasteiger partial charge on any atom is -0.494 e. The van der Waals surface area contributed by atoms with E-state index in [1.54, 1.807) is 0 Å². The molecule has 1 aliphatic heterocycles. The second-order valence-corrected chi connectivity index (χ2v) is 5.55. The smallest absolute Gasteiger partial charge is 0.260 e. The third-order valence-electron chi connectivity index (χ3n) is 3.91.